The van der Waals surface area contributed by atoms with Crippen molar-refractivity contribution < 1.29 is 23.1 Å². The first-order chi connectivity index (χ1) is 15.5. The van der Waals surface area contributed by atoms with Crippen LogP contribution in [0.4, 0.5) is 0 Å². The van der Waals surface area contributed by atoms with Crippen LogP contribution in [-0.2, 0) is 13.6 Å². The molecule has 0 spiro atoms. The van der Waals surface area contributed by atoms with Crippen molar-refractivity contribution in [2.75, 3.05) is 13.2 Å². The van der Waals surface area contributed by atoms with Crippen LogP contribution < -0.4 is 9.47 Å². The first kappa shape index (κ1) is 24.3. The lowest BCUT2D eigenvalue weighted by molar-refractivity contribution is -0.00351. The zero-order chi connectivity index (χ0) is 22.8. The largest absolute Gasteiger partial charge is 0.455 e. The summed E-state index contributed by atoms with van der Waals surface area (Å²) in [4.78, 5) is 0. The summed E-state index contributed by atoms with van der Waals surface area (Å²) < 4.78 is 37.6. The second kappa shape index (κ2) is 12.1. The number of rotatable bonds is 12. The first-order valence-electron chi connectivity index (χ1n) is 10.6. The molecule has 0 amide bonds. The summed E-state index contributed by atoms with van der Waals surface area (Å²) >= 11 is 6.09. The summed E-state index contributed by atoms with van der Waals surface area (Å²) in [6.07, 6.45) is -0.502. The molecule has 0 saturated heterocycles. The van der Waals surface area contributed by atoms with Crippen LogP contribution in [0, 0.1) is 0 Å². The normalized spacial score (nSPS) is 12.5. The molecule has 3 aromatic rings. The molecule has 170 valence electrons. The van der Waals surface area contributed by atoms with Gasteiger partial charge >= 0.3 is 7.60 Å². The monoisotopic (exact) mass is 474 g/mol. The lowest BCUT2D eigenvalue weighted by atomic mass is 10.1. The summed E-state index contributed by atoms with van der Waals surface area (Å²) in [5.74, 6) is 1.29. The van der Waals surface area contributed by atoms with Crippen molar-refractivity contribution in [2.45, 2.75) is 32.2 Å². The molecule has 0 aliphatic rings. The Bertz CT molecular complexity index is 931. The first-order valence-corrected chi connectivity index (χ1v) is 12.6. The van der Waals surface area contributed by atoms with E-state index in [0.717, 1.165) is 5.56 Å². The summed E-state index contributed by atoms with van der Waals surface area (Å²) in [5.41, 5.74) is 0.162. The maximum absolute atomic E-state index is 13.9. The summed E-state index contributed by atoms with van der Waals surface area (Å²) in [6, 6.07) is 26.0. The predicted molar refractivity (Wildman–Crippen MR) is 128 cm³/mol. The van der Waals surface area contributed by atoms with Gasteiger partial charge in [-0.1, -0.05) is 60.1 Å². The Kier molecular flexibility index (Phi) is 9.19. The molecule has 5 nitrogen and oxygen atoms in total. The number of benzene rings is 3. The second-order valence-corrected chi connectivity index (χ2v) is 9.63. The third-order valence-corrected chi connectivity index (χ3v) is 7.45. The number of halogens is 1. The van der Waals surface area contributed by atoms with E-state index in [2.05, 4.69) is 0 Å². The highest BCUT2D eigenvalue weighted by atomic mass is 35.5. The molecule has 0 heterocycles. The van der Waals surface area contributed by atoms with E-state index in [4.69, 9.17) is 30.1 Å². The molecular formula is C25H28ClO5P. The van der Waals surface area contributed by atoms with Crippen LogP contribution in [0.15, 0.2) is 84.9 Å². The van der Waals surface area contributed by atoms with E-state index in [9.17, 15) is 4.57 Å². The minimum absolute atomic E-state index is 0.239. The summed E-state index contributed by atoms with van der Waals surface area (Å²) in [5, 5.41) is 0.591. The van der Waals surface area contributed by atoms with Crippen LogP contribution in [0.5, 0.6) is 11.5 Å². The standard InChI is InChI=1S/C25H28ClO5P/c1-3-28-32(27,29-4-2)24(20-15-17-21(26)18-16-20)19-25(30-22-11-7-5-8-12-22)31-23-13-9-6-10-14-23/h5-18,24-25H,3-4,19H2,1-2H3. The average Bonchev–Trinajstić information content (AvgIpc) is 2.80. The van der Waals surface area contributed by atoms with Gasteiger partial charge in [-0.05, 0) is 55.8 Å². The molecule has 0 N–H and O–H groups in total. The van der Waals surface area contributed by atoms with Gasteiger partial charge in [0, 0.05) is 11.4 Å². The van der Waals surface area contributed by atoms with E-state index in [1.165, 1.54) is 0 Å². The quantitative estimate of drug-likeness (QED) is 0.201. The summed E-state index contributed by atoms with van der Waals surface area (Å²) in [6.45, 7) is 4.10. The maximum atomic E-state index is 13.9. The lowest BCUT2D eigenvalue weighted by Crippen LogP contribution is -2.27. The van der Waals surface area contributed by atoms with Crippen LogP contribution >= 0.6 is 19.2 Å². The molecule has 0 aromatic heterocycles. The maximum Gasteiger partial charge on any atom is 0.338 e. The van der Waals surface area contributed by atoms with Crippen molar-refractivity contribution in [3.63, 3.8) is 0 Å². The van der Waals surface area contributed by atoms with Crippen molar-refractivity contribution in [2.24, 2.45) is 0 Å². The minimum Gasteiger partial charge on any atom is -0.455 e. The Morgan fingerprint density at radius 2 is 1.22 bits per heavy atom. The van der Waals surface area contributed by atoms with Gasteiger partial charge in [-0.3, -0.25) is 4.57 Å². The molecule has 0 saturated carbocycles. The van der Waals surface area contributed by atoms with E-state index >= 15 is 0 Å². The Morgan fingerprint density at radius 3 is 1.66 bits per heavy atom. The zero-order valence-corrected chi connectivity index (χ0v) is 19.9. The van der Waals surface area contributed by atoms with Gasteiger partial charge in [0.25, 0.3) is 0 Å². The molecular weight excluding hydrogens is 447 g/mol. The van der Waals surface area contributed by atoms with Gasteiger partial charge < -0.3 is 18.5 Å². The molecule has 32 heavy (non-hydrogen) atoms. The second-order valence-electron chi connectivity index (χ2n) is 6.97. The molecule has 0 fully saturated rings. The zero-order valence-electron chi connectivity index (χ0n) is 18.2. The highest BCUT2D eigenvalue weighted by Gasteiger charge is 2.39. The molecule has 3 aromatic carbocycles. The predicted octanol–water partition coefficient (Wildman–Crippen LogP) is 7.52. The fourth-order valence-electron chi connectivity index (χ4n) is 3.31. The van der Waals surface area contributed by atoms with Crippen molar-refractivity contribution in [1.29, 1.82) is 0 Å². The number of hydrogen-bond donors (Lipinski definition) is 0. The third kappa shape index (κ3) is 6.85. The van der Waals surface area contributed by atoms with Crippen LogP contribution in [0.2, 0.25) is 5.02 Å². The van der Waals surface area contributed by atoms with E-state index in [0.29, 0.717) is 16.5 Å². The molecule has 1 unspecified atom stereocenters. The number of hydrogen-bond acceptors (Lipinski definition) is 5. The van der Waals surface area contributed by atoms with E-state index in [1.807, 2.05) is 72.8 Å². The van der Waals surface area contributed by atoms with Gasteiger partial charge in [-0.15, -0.1) is 0 Å². The van der Waals surface area contributed by atoms with Crippen molar-refractivity contribution >= 4 is 19.2 Å². The number of ether oxygens (including phenoxy) is 2. The average molecular weight is 475 g/mol. The minimum atomic E-state index is -3.53. The molecule has 0 aliphatic carbocycles. The van der Waals surface area contributed by atoms with Crippen molar-refractivity contribution in [1.82, 2.24) is 0 Å². The molecule has 1 atom stereocenters. The molecule has 0 aliphatic heterocycles. The fraction of sp³-hybridized carbons (Fsp3) is 0.280. The molecule has 3 rings (SSSR count). The van der Waals surface area contributed by atoms with E-state index in [-0.39, 0.29) is 19.6 Å². The van der Waals surface area contributed by atoms with Crippen LogP contribution in [-0.4, -0.2) is 19.5 Å². The van der Waals surface area contributed by atoms with Gasteiger partial charge in [0.05, 0.1) is 18.9 Å². The van der Waals surface area contributed by atoms with Crippen molar-refractivity contribution in [3.05, 3.63) is 95.5 Å². The highest BCUT2D eigenvalue weighted by molar-refractivity contribution is 7.54. The Balaban J connectivity index is 1.96. The van der Waals surface area contributed by atoms with E-state index < -0.39 is 19.5 Å². The van der Waals surface area contributed by atoms with E-state index in [1.54, 1.807) is 26.0 Å². The van der Waals surface area contributed by atoms with Gasteiger partial charge in [0.15, 0.2) is 0 Å². The van der Waals surface area contributed by atoms with Gasteiger partial charge in [-0.25, -0.2) is 0 Å². The Hall–Kier alpha value is -2.30. The van der Waals surface area contributed by atoms with Crippen LogP contribution in [0.1, 0.15) is 31.5 Å². The smallest absolute Gasteiger partial charge is 0.338 e. The Morgan fingerprint density at radius 1 is 0.750 bits per heavy atom. The van der Waals surface area contributed by atoms with Crippen molar-refractivity contribution in [3.8, 4) is 11.5 Å². The highest BCUT2D eigenvalue weighted by Crippen LogP contribution is 2.63. The fourth-order valence-corrected chi connectivity index (χ4v) is 5.56. The topological polar surface area (TPSA) is 54.0 Å². The van der Waals surface area contributed by atoms with Crippen LogP contribution in [0.3, 0.4) is 0 Å². The molecule has 7 heteroatoms. The molecule has 0 radical (unpaired) electrons. The molecule has 0 bridgehead atoms. The van der Waals surface area contributed by atoms with Crippen LogP contribution in [0.25, 0.3) is 0 Å². The van der Waals surface area contributed by atoms with Gasteiger partial charge in [0.2, 0.25) is 6.29 Å². The lowest BCUT2D eigenvalue weighted by Gasteiger charge is -2.30. The third-order valence-electron chi connectivity index (χ3n) is 4.69. The summed E-state index contributed by atoms with van der Waals surface area (Å²) in [7, 11) is -3.53. The van der Waals surface area contributed by atoms with Gasteiger partial charge in [0.1, 0.15) is 11.5 Å². The number of para-hydroxylation sites is 2. The van der Waals surface area contributed by atoms with Gasteiger partial charge in [-0.2, -0.15) is 0 Å². The Labute approximate surface area is 194 Å². The SMILES string of the molecule is CCOP(=O)(OCC)C(CC(Oc1ccccc1)Oc1ccccc1)c1ccc(Cl)cc1.